The molecule has 18 heavy (non-hydrogen) atoms. The molecule has 1 N–H and O–H groups in total. The van der Waals surface area contributed by atoms with Gasteiger partial charge in [-0.25, -0.2) is 0 Å². The minimum absolute atomic E-state index is 0.122. The molecule has 3 nitrogen and oxygen atoms in total. The van der Waals surface area contributed by atoms with Crippen LogP contribution in [0.2, 0.25) is 0 Å². The number of nitrogens with zero attached hydrogens (tertiary/aromatic N) is 1. The minimum Gasteiger partial charge on any atom is -0.344 e. The Hall–Kier alpha value is -1.35. The van der Waals surface area contributed by atoms with Gasteiger partial charge in [0.15, 0.2) is 0 Å². The van der Waals surface area contributed by atoms with Crippen molar-refractivity contribution in [2.24, 2.45) is 0 Å². The maximum atomic E-state index is 12.0. The maximum Gasteiger partial charge on any atom is 0.239 e. The van der Waals surface area contributed by atoms with Gasteiger partial charge in [0.1, 0.15) is 0 Å². The summed E-state index contributed by atoms with van der Waals surface area (Å²) < 4.78 is 0. The van der Waals surface area contributed by atoms with E-state index in [1.165, 1.54) is 5.56 Å². The Kier molecular flexibility index (Phi) is 5.86. The van der Waals surface area contributed by atoms with Gasteiger partial charge in [0.25, 0.3) is 0 Å². The first-order chi connectivity index (χ1) is 8.60. The van der Waals surface area contributed by atoms with Gasteiger partial charge in [-0.3, -0.25) is 4.79 Å². The smallest absolute Gasteiger partial charge is 0.239 e. The zero-order valence-corrected chi connectivity index (χ0v) is 11.8. The van der Waals surface area contributed by atoms with Crippen LogP contribution >= 0.6 is 0 Å². The van der Waals surface area contributed by atoms with Crippen molar-refractivity contribution < 1.29 is 4.79 Å². The van der Waals surface area contributed by atoms with Gasteiger partial charge in [-0.15, -0.1) is 0 Å². The largest absolute Gasteiger partial charge is 0.344 e. The number of likely N-dealkylation sites (N-methyl/N-ethyl adjacent to an activating group) is 2. The van der Waals surface area contributed by atoms with Gasteiger partial charge in [-0.1, -0.05) is 37.3 Å². The van der Waals surface area contributed by atoms with Gasteiger partial charge in [-0.2, -0.15) is 0 Å². The predicted molar refractivity (Wildman–Crippen MR) is 75.6 cm³/mol. The SMILES string of the molecule is CCC(CN(C)C(=O)C(C)NC)c1ccccc1. The monoisotopic (exact) mass is 248 g/mol. The number of rotatable bonds is 6. The molecule has 0 aromatic heterocycles. The third-order valence-corrected chi connectivity index (χ3v) is 3.44. The lowest BCUT2D eigenvalue weighted by molar-refractivity contribution is -0.131. The Morgan fingerprint density at radius 2 is 1.94 bits per heavy atom. The number of hydrogen-bond acceptors (Lipinski definition) is 2. The van der Waals surface area contributed by atoms with Crippen molar-refractivity contribution >= 4 is 5.91 Å². The topological polar surface area (TPSA) is 32.3 Å². The lowest BCUT2D eigenvalue weighted by atomic mass is 9.96. The molecule has 1 amide bonds. The average Bonchev–Trinajstić information content (AvgIpc) is 2.43. The van der Waals surface area contributed by atoms with E-state index in [2.05, 4.69) is 36.5 Å². The molecule has 1 aromatic carbocycles. The summed E-state index contributed by atoms with van der Waals surface area (Å²) in [5.74, 6) is 0.552. The summed E-state index contributed by atoms with van der Waals surface area (Å²) in [7, 11) is 3.69. The summed E-state index contributed by atoms with van der Waals surface area (Å²) in [5.41, 5.74) is 1.30. The zero-order valence-electron chi connectivity index (χ0n) is 11.8. The molecule has 0 bridgehead atoms. The molecule has 3 heteroatoms. The summed E-state index contributed by atoms with van der Waals surface area (Å²) in [5, 5.41) is 2.99. The molecule has 0 aliphatic heterocycles. The van der Waals surface area contributed by atoms with Crippen LogP contribution in [-0.2, 0) is 4.79 Å². The second-order valence-corrected chi connectivity index (χ2v) is 4.74. The normalized spacial score (nSPS) is 14.0. The molecule has 0 fully saturated rings. The van der Waals surface area contributed by atoms with Crippen molar-refractivity contribution in [2.45, 2.75) is 32.2 Å². The van der Waals surface area contributed by atoms with Gasteiger partial charge >= 0.3 is 0 Å². The molecule has 0 saturated carbocycles. The van der Waals surface area contributed by atoms with Gasteiger partial charge in [0, 0.05) is 19.5 Å². The molecular weight excluding hydrogens is 224 g/mol. The number of carbonyl (C=O) groups is 1. The summed E-state index contributed by atoms with van der Waals surface area (Å²) in [6, 6.07) is 10.3. The van der Waals surface area contributed by atoms with Gasteiger partial charge in [0.2, 0.25) is 5.91 Å². The maximum absolute atomic E-state index is 12.0. The molecule has 0 saturated heterocycles. The van der Waals surface area contributed by atoms with E-state index in [0.717, 1.165) is 13.0 Å². The van der Waals surface area contributed by atoms with Crippen molar-refractivity contribution in [3.05, 3.63) is 35.9 Å². The second kappa shape index (κ2) is 7.17. The Morgan fingerprint density at radius 3 is 2.44 bits per heavy atom. The van der Waals surface area contributed by atoms with Crippen LogP contribution in [0, 0.1) is 0 Å². The molecular formula is C15H24N2O. The van der Waals surface area contributed by atoms with Crippen LogP contribution in [0.1, 0.15) is 31.7 Å². The van der Waals surface area contributed by atoms with E-state index in [9.17, 15) is 4.79 Å². The van der Waals surface area contributed by atoms with Crippen LogP contribution in [-0.4, -0.2) is 37.5 Å². The average molecular weight is 248 g/mol. The molecule has 1 rings (SSSR count). The van der Waals surface area contributed by atoms with Crippen molar-refractivity contribution in [2.75, 3.05) is 20.6 Å². The van der Waals surface area contributed by atoms with E-state index in [1.807, 2.05) is 32.0 Å². The molecule has 2 unspecified atom stereocenters. The number of hydrogen-bond donors (Lipinski definition) is 1. The lowest BCUT2D eigenvalue weighted by Gasteiger charge is -2.26. The highest BCUT2D eigenvalue weighted by Crippen LogP contribution is 2.20. The summed E-state index contributed by atoms with van der Waals surface area (Å²) in [4.78, 5) is 13.8. The van der Waals surface area contributed by atoms with Crippen molar-refractivity contribution in [1.29, 1.82) is 0 Å². The Bertz CT molecular complexity index is 364. The van der Waals surface area contributed by atoms with Crippen molar-refractivity contribution in [3.8, 4) is 0 Å². The first-order valence-electron chi connectivity index (χ1n) is 6.57. The highest BCUT2D eigenvalue weighted by atomic mass is 16.2. The standard InChI is InChI=1S/C15H24N2O/c1-5-13(14-9-7-6-8-10-14)11-17(4)15(18)12(2)16-3/h6-10,12-13,16H,5,11H2,1-4H3. The summed E-state index contributed by atoms with van der Waals surface area (Å²) >= 11 is 0. The molecule has 1 aromatic rings. The van der Waals surface area contributed by atoms with Crippen LogP contribution in [0.5, 0.6) is 0 Å². The van der Waals surface area contributed by atoms with Gasteiger partial charge in [0.05, 0.1) is 6.04 Å². The third-order valence-electron chi connectivity index (χ3n) is 3.44. The molecule has 100 valence electrons. The van der Waals surface area contributed by atoms with Crippen LogP contribution in [0.4, 0.5) is 0 Å². The fourth-order valence-electron chi connectivity index (χ4n) is 2.07. The van der Waals surface area contributed by atoms with E-state index >= 15 is 0 Å². The van der Waals surface area contributed by atoms with E-state index < -0.39 is 0 Å². The van der Waals surface area contributed by atoms with Crippen LogP contribution in [0.3, 0.4) is 0 Å². The van der Waals surface area contributed by atoms with E-state index in [-0.39, 0.29) is 11.9 Å². The van der Waals surface area contributed by atoms with Crippen LogP contribution < -0.4 is 5.32 Å². The zero-order chi connectivity index (χ0) is 13.5. The number of carbonyl (C=O) groups excluding carboxylic acids is 1. The lowest BCUT2D eigenvalue weighted by Crippen LogP contribution is -2.43. The quantitative estimate of drug-likeness (QED) is 0.837. The fraction of sp³-hybridized carbons (Fsp3) is 0.533. The highest BCUT2D eigenvalue weighted by Gasteiger charge is 2.19. The van der Waals surface area contributed by atoms with E-state index in [0.29, 0.717) is 5.92 Å². The van der Waals surface area contributed by atoms with Gasteiger partial charge in [-0.05, 0) is 26.0 Å². The molecule has 2 atom stereocenters. The van der Waals surface area contributed by atoms with E-state index in [1.54, 1.807) is 0 Å². The Morgan fingerprint density at radius 1 is 1.33 bits per heavy atom. The highest BCUT2D eigenvalue weighted by molar-refractivity contribution is 5.81. The first-order valence-corrected chi connectivity index (χ1v) is 6.57. The second-order valence-electron chi connectivity index (χ2n) is 4.74. The summed E-state index contributed by atoms with van der Waals surface area (Å²) in [6.07, 6.45) is 1.04. The summed E-state index contributed by atoms with van der Waals surface area (Å²) in [6.45, 7) is 4.82. The van der Waals surface area contributed by atoms with Crippen molar-refractivity contribution in [1.82, 2.24) is 10.2 Å². The molecule has 0 heterocycles. The number of nitrogens with one attached hydrogen (secondary N) is 1. The molecule has 0 aliphatic rings. The Balaban J connectivity index is 2.67. The van der Waals surface area contributed by atoms with Crippen LogP contribution in [0.15, 0.2) is 30.3 Å². The van der Waals surface area contributed by atoms with Gasteiger partial charge < -0.3 is 10.2 Å². The fourth-order valence-corrected chi connectivity index (χ4v) is 2.07. The first kappa shape index (κ1) is 14.7. The molecule has 0 spiro atoms. The predicted octanol–water partition coefficient (Wildman–Crippen LogP) is 2.25. The number of amides is 1. The Labute approximate surface area is 110 Å². The number of benzene rings is 1. The molecule has 0 radical (unpaired) electrons. The third kappa shape index (κ3) is 3.84. The van der Waals surface area contributed by atoms with Crippen LogP contribution in [0.25, 0.3) is 0 Å². The molecule has 0 aliphatic carbocycles. The van der Waals surface area contributed by atoms with Crippen molar-refractivity contribution in [3.63, 3.8) is 0 Å². The minimum atomic E-state index is -0.122. The van der Waals surface area contributed by atoms with E-state index in [4.69, 9.17) is 0 Å².